The van der Waals surface area contributed by atoms with E-state index in [1.165, 1.54) is 6.07 Å². The van der Waals surface area contributed by atoms with Crippen LogP contribution in [0.3, 0.4) is 0 Å². The van der Waals surface area contributed by atoms with Gasteiger partial charge in [0, 0.05) is 25.8 Å². The van der Waals surface area contributed by atoms with Gasteiger partial charge in [0.2, 0.25) is 0 Å². The normalized spacial score (nSPS) is 10.4. The minimum Gasteiger partial charge on any atom is -0.381 e. The Hall–Kier alpha value is -0.620. The minimum absolute atomic E-state index is 0.186. The van der Waals surface area contributed by atoms with E-state index in [4.69, 9.17) is 0 Å². The standard InChI is InChI=1S/C14H12BrFIN/c1-9-2-4-12(17)7-14(9)18-8-10-6-11(15)3-5-13(10)16/h2-7,18H,8H2,1H3. The first-order chi connectivity index (χ1) is 8.56. The molecule has 0 fully saturated rings. The lowest BCUT2D eigenvalue weighted by atomic mass is 10.1. The molecule has 0 amide bonds. The lowest BCUT2D eigenvalue weighted by Crippen LogP contribution is -2.03. The average molecular weight is 420 g/mol. The van der Waals surface area contributed by atoms with Gasteiger partial charge < -0.3 is 5.32 Å². The first-order valence-electron chi connectivity index (χ1n) is 5.50. The highest BCUT2D eigenvalue weighted by molar-refractivity contribution is 14.1. The number of aryl methyl sites for hydroxylation is 1. The van der Waals surface area contributed by atoms with Crippen molar-refractivity contribution in [2.75, 3.05) is 5.32 Å². The molecule has 0 radical (unpaired) electrons. The molecule has 0 aromatic heterocycles. The van der Waals surface area contributed by atoms with Gasteiger partial charge in [0.15, 0.2) is 0 Å². The van der Waals surface area contributed by atoms with Crippen LogP contribution in [0.15, 0.2) is 40.9 Å². The SMILES string of the molecule is Cc1ccc(I)cc1NCc1cc(Br)ccc1F. The molecule has 0 saturated carbocycles. The van der Waals surface area contributed by atoms with Crippen LogP contribution < -0.4 is 5.32 Å². The summed E-state index contributed by atoms with van der Waals surface area (Å²) in [4.78, 5) is 0. The van der Waals surface area contributed by atoms with Gasteiger partial charge in [-0.1, -0.05) is 22.0 Å². The van der Waals surface area contributed by atoms with Crippen LogP contribution in [0.4, 0.5) is 10.1 Å². The van der Waals surface area contributed by atoms with Gasteiger partial charge in [-0.3, -0.25) is 0 Å². The number of benzene rings is 2. The lowest BCUT2D eigenvalue weighted by molar-refractivity contribution is 0.612. The van der Waals surface area contributed by atoms with Gasteiger partial charge in [-0.05, 0) is 65.4 Å². The van der Waals surface area contributed by atoms with Crippen molar-refractivity contribution in [3.8, 4) is 0 Å². The third-order valence-electron chi connectivity index (χ3n) is 2.68. The molecule has 0 saturated heterocycles. The van der Waals surface area contributed by atoms with E-state index in [0.29, 0.717) is 12.1 Å². The maximum atomic E-state index is 13.6. The van der Waals surface area contributed by atoms with Gasteiger partial charge in [0.25, 0.3) is 0 Å². The highest BCUT2D eigenvalue weighted by Gasteiger charge is 2.04. The predicted octanol–water partition coefficient (Wildman–Crippen LogP) is 5.11. The van der Waals surface area contributed by atoms with Crippen LogP contribution in [-0.2, 0) is 6.54 Å². The number of halogens is 3. The van der Waals surface area contributed by atoms with Gasteiger partial charge in [-0.25, -0.2) is 4.39 Å². The van der Waals surface area contributed by atoms with Crippen molar-refractivity contribution in [2.45, 2.75) is 13.5 Å². The summed E-state index contributed by atoms with van der Waals surface area (Å²) in [5.41, 5.74) is 2.86. The van der Waals surface area contributed by atoms with Crippen LogP contribution in [0.1, 0.15) is 11.1 Å². The molecule has 0 spiro atoms. The van der Waals surface area contributed by atoms with E-state index < -0.39 is 0 Å². The Labute approximate surface area is 128 Å². The summed E-state index contributed by atoms with van der Waals surface area (Å²) in [6, 6.07) is 11.2. The van der Waals surface area contributed by atoms with Crippen LogP contribution >= 0.6 is 38.5 Å². The summed E-state index contributed by atoms with van der Waals surface area (Å²) in [6.07, 6.45) is 0. The molecule has 0 aliphatic carbocycles. The van der Waals surface area contributed by atoms with Gasteiger partial charge >= 0.3 is 0 Å². The molecule has 0 aliphatic rings. The first-order valence-corrected chi connectivity index (χ1v) is 7.37. The Morgan fingerprint density at radius 3 is 2.78 bits per heavy atom. The zero-order valence-electron chi connectivity index (χ0n) is 9.81. The summed E-state index contributed by atoms with van der Waals surface area (Å²) in [6.45, 7) is 2.52. The second-order valence-electron chi connectivity index (χ2n) is 4.05. The number of hydrogen-bond donors (Lipinski definition) is 1. The maximum absolute atomic E-state index is 13.6. The van der Waals surface area contributed by atoms with Crippen LogP contribution in [0.5, 0.6) is 0 Å². The van der Waals surface area contributed by atoms with Crippen molar-refractivity contribution in [3.63, 3.8) is 0 Å². The third kappa shape index (κ3) is 3.45. The minimum atomic E-state index is -0.186. The number of rotatable bonds is 3. The Balaban J connectivity index is 2.16. The quantitative estimate of drug-likeness (QED) is 0.681. The van der Waals surface area contributed by atoms with Gasteiger partial charge in [0.1, 0.15) is 5.82 Å². The van der Waals surface area contributed by atoms with E-state index >= 15 is 0 Å². The van der Waals surface area contributed by atoms with E-state index in [2.05, 4.69) is 62.0 Å². The van der Waals surface area contributed by atoms with Crippen molar-refractivity contribution in [2.24, 2.45) is 0 Å². The monoisotopic (exact) mass is 419 g/mol. The van der Waals surface area contributed by atoms with Crippen molar-refractivity contribution >= 4 is 44.2 Å². The van der Waals surface area contributed by atoms with E-state index in [-0.39, 0.29) is 5.82 Å². The molecule has 18 heavy (non-hydrogen) atoms. The Bertz CT molecular complexity index is 520. The van der Waals surface area contributed by atoms with Gasteiger partial charge in [0.05, 0.1) is 0 Å². The van der Waals surface area contributed by atoms with Crippen molar-refractivity contribution < 1.29 is 4.39 Å². The molecule has 1 N–H and O–H groups in total. The molecule has 0 aliphatic heterocycles. The molecule has 94 valence electrons. The molecule has 2 rings (SSSR count). The van der Waals surface area contributed by atoms with E-state index in [1.807, 2.05) is 6.92 Å². The predicted molar refractivity (Wildman–Crippen MR) is 85.3 cm³/mol. The second kappa shape index (κ2) is 6.02. The average Bonchev–Trinajstić information content (AvgIpc) is 2.34. The summed E-state index contributed by atoms with van der Waals surface area (Å²) >= 11 is 5.62. The largest absolute Gasteiger partial charge is 0.381 e. The summed E-state index contributed by atoms with van der Waals surface area (Å²) in [5, 5.41) is 3.27. The molecule has 1 nitrogen and oxygen atoms in total. The zero-order valence-corrected chi connectivity index (χ0v) is 13.5. The first kappa shape index (κ1) is 13.8. The van der Waals surface area contributed by atoms with Crippen LogP contribution in [-0.4, -0.2) is 0 Å². The summed E-state index contributed by atoms with van der Waals surface area (Å²) in [7, 11) is 0. The fraction of sp³-hybridized carbons (Fsp3) is 0.143. The lowest BCUT2D eigenvalue weighted by Gasteiger charge is -2.11. The molecule has 0 unspecified atom stereocenters. The zero-order chi connectivity index (χ0) is 13.1. The van der Waals surface area contributed by atoms with Crippen LogP contribution in [0, 0.1) is 16.3 Å². The Kier molecular flexibility index (Phi) is 4.61. The molecule has 0 bridgehead atoms. The van der Waals surface area contributed by atoms with E-state index in [1.54, 1.807) is 12.1 Å². The fourth-order valence-corrected chi connectivity index (χ4v) is 2.55. The van der Waals surface area contributed by atoms with Gasteiger partial charge in [-0.15, -0.1) is 0 Å². The summed E-state index contributed by atoms with van der Waals surface area (Å²) in [5.74, 6) is -0.186. The highest BCUT2D eigenvalue weighted by Crippen LogP contribution is 2.21. The smallest absolute Gasteiger partial charge is 0.128 e. The van der Waals surface area contributed by atoms with Gasteiger partial charge in [-0.2, -0.15) is 0 Å². The highest BCUT2D eigenvalue weighted by atomic mass is 127. The van der Waals surface area contributed by atoms with Crippen LogP contribution in [0.25, 0.3) is 0 Å². The Morgan fingerprint density at radius 2 is 2.00 bits per heavy atom. The number of hydrogen-bond acceptors (Lipinski definition) is 1. The molecule has 4 heteroatoms. The second-order valence-corrected chi connectivity index (χ2v) is 6.21. The molecular formula is C14H12BrFIN. The van der Waals surface area contributed by atoms with Crippen molar-refractivity contribution in [1.29, 1.82) is 0 Å². The topological polar surface area (TPSA) is 12.0 Å². The van der Waals surface area contributed by atoms with Crippen molar-refractivity contribution in [3.05, 3.63) is 61.4 Å². The number of anilines is 1. The fourth-order valence-electron chi connectivity index (χ4n) is 1.65. The molecule has 0 heterocycles. The molecular weight excluding hydrogens is 408 g/mol. The molecule has 2 aromatic rings. The molecule has 2 aromatic carbocycles. The van der Waals surface area contributed by atoms with E-state index in [0.717, 1.165) is 19.3 Å². The number of nitrogens with one attached hydrogen (secondary N) is 1. The summed E-state index contributed by atoms with van der Waals surface area (Å²) < 4.78 is 15.6. The van der Waals surface area contributed by atoms with Crippen LogP contribution in [0.2, 0.25) is 0 Å². The van der Waals surface area contributed by atoms with Crippen molar-refractivity contribution in [1.82, 2.24) is 0 Å². The molecule has 0 atom stereocenters. The third-order valence-corrected chi connectivity index (χ3v) is 3.84. The maximum Gasteiger partial charge on any atom is 0.128 e. The Morgan fingerprint density at radius 1 is 1.22 bits per heavy atom. The van der Waals surface area contributed by atoms with E-state index in [9.17, 15) is 4.39 Å².